The number of nitrogens with zero attached hydrogens (tertiary/aromatic N) is 2. The third-order valence-corrected chi connectivity index (χ3v) is 3.21. The van der Waals surface area contributed by atoms with Crippen molar-refractivity contribution in [1.29, 1.82) is 0 Å². The van der Waals surface area contributed by atoms with E-state index in [1.807, 2.05) is 18.7 Å². The molecule has 0 fully saturated rings. The van der Waals surface area contributed by atoms with Crippen LogP contribution in [0.25, 0.3) is 0 Å². The van der Waals surface area contributed by atoms with Crippen molar-refractivity contribution >= 4 is 11.8 Å². The second kappa shape index (κ2) is 3.11. The Morgan fingerprint density at radius 3 is 3.42 bits per heavy atom. The lowest BCUT2D eigenvalue weighted by atomic mass is 10.6. The summed E-state index contributed by atoms with van der Waals surface area (Å²) >= 11 is 1.85. The molecule has 0 amide bonds. The number of hydrogen-bond donors (Lipinski definition) is 0. The molecule has 0 bridgehead atoms. The first-order chi connectivity index (χ1) is 5.83. The fourth-order valence-corrected chi connectivity index (χ4v) is 2.56. The highest BCUT2D eigenvalue weighted by Crippen LogP contribution is 2.30. The van der Waals surface area contributed by atoms with Crippen molar-refractivity contribution in [2.75, 3.05) is 12.4 Å². The van der Waals surface area contributed by atoms with Crippen LogP contribution < -0.4 is 4.57 Å². The van der Waals surface area contributed by atoms with Gasteiger partial charge in [-0.1, -0.05) is 0 Å². The average Bonchev–Trinajstić information content (AvgIpc) is 2.58. The molecule has 2 heterocycles. The lowest BCUT2D eigenvalue weighted by Gasteiger charge is -2.05. The van der Waals surface area contributed by atoms with Gasteiger partial charge >= 0.3 is 5.16 Å². The zero-order valence-electron chi connectivity index (χ0n) is 7.36. The van der Waals surface area contributed by atoms with Gasteiger partial charge in [-0.05, 0) is 18.7 Å². The van der Waals surface area contributed by atoms with Crippen LogP contribution in [-0.4, -0.2) is 16.9 Å². The second-order valence-corrected chi connectivity index (χ2v) is 3.81. The quantitative estimate of drug-likeness (QED) is 0.639. The minimum absolute atomic E-state index is 0.246. The number of thioether (sulfide) groups is 1. The van der Waals surface area contributed by atoms with Gasteiger partial charge in [-0.15, -0.1) is 0 Å². The molecule has 3 nitrogen and oxygen atoms in total. The summed E-state index contributed by atoms with van der Waals surface area (Å²) in [6.45, 7) is 2.82. The summed E-state index contributed by atoms with van der Waals surface area (Å²) in [5.41, 5.74) is 0. The molecule has 0 saturated heterocycles. The van der Waals surface area contributed by atoms with Gasteiger partial charge in [-0.3, -0.25) is 0 Å². The van der Waals surface area contributed by atoms with E-state index >= 15 is 0 Å². The Labute approximate surface area is 76.3 Å². The van der Waals surface area contributed by atoms with E-state index in [2.05, 4.69) is 28.6 Å². The van der Waals surface area contributed by atoms with E-state index in [9.17, 15) is 0 Å². The Hall–Kier alpha value is -0.480. The molecule has 2 rings (SSSR count). The molecule has 0 aromatic carbocycles. The number of aryl methyl sites for hydroxylation is 1. The maximum atomic E-state index is 5.57. The highest BCUT2D eigenvalue weighted by Gasteiger charge is 2.31. The summed E-state index contributed by atoms with van der Waals surface area (Å²) in [5.74, 6) is 1.04. The summed E-state index contributed by atoms with van der Waals surface area (Å²) in [6, 6.07) is 0. The zero-order chi connectivity index (χ0) is 8.55. The molecule has 0 N–H and O–H groups in total. The first-order valence-electron chi connectivity index (χ1n) is 4.13. The zero-order valence-corrected chi connectivity index (χ0v) is 8.17. The maximum absolute atomic E-state index is 5.57. The number of rotatable bonds is 2. The summed E-state index contributed by atoms with van der Waals surface area (Å²) in [5, 5.41) is 1.29. The Bertz CT molecular complexity index is 285. The predicted molar refractivity (Wildman–Crippen MR) is 47.0 cm³/mol. The van der Waals surface area contributed by atoms with Gasteiger partial charge in [-0.2, -0.15) is 4.57 Å². The molecule has 1 aliphatic rings. The molecule has 0 radical (unpaired) electrons. The molecule has 1 atom stereocenters. The van der Waals surface area contributed by atoms with Crippen LogP contribution in [0, 0.1) is 0 Å². The summed E-state index contributed by atoms with van der Waals surface area (Å²) in [4.78, 5) is 0. The topological polar surface area (TPSA) is 18.0 Å². The van der Waals surface area contributed by atoms with Crippen LogP contribution in [0.15, 0.2) is 17.6 Å². The molecular formula is C8H13N2OS+. The molecular weight excluding hydrogens is 172 g/mol. The van der Waals surface area contributed by atoms with E-state index in [4.69, 9.17) is 4.74 Å². The van der Waals surface area contributed by atoms with Crippen molar-refractivity contribution in [2.24, 2.45) is 7.05 Å². The van der Waals surface area contributed by atoms with Gasteiger partial charge in [0.2, 0.25) is 6.23 Å². The van der Waals surface area contributed by atoms with Gasteiger partial charge in [0.05, 0.1) is 12.8 Å². The molecule has 0 saturated carbocycles. The molecule has 1 aromatic rings. The van der Waals surface area contributed by atoms with E-state index in [0.717, 1.165) is 12.4 Å². The van der Waals surface area contributed by atoms with Crippen molar-refractivity contribution in [3.63, 3.8) is 0 Å². The van der Waals surface area contributed by atoms with Crippen LogP contribution in [0.5, 0.6) is 0 Å². The third-order valence-electron chi connectivity index (χ3n) is 2.00. The van der Waals surface area contributed by atoms with Gasteiger partial charge in [-0.25, -0.2) is 4.57 Å². The van der Waals surface area contributed by atoms with E-state index in [-0.39, 0.29) is 6.23 Å². The highest BCUT2D eigenvalue weighted by atomic mass is 32.2. The highest BCUT2D eigenvalue weighted by molar-refractivity contribution is 7.99. The van der Waals surface area contributed by atoms with Crippen molar-refractivity contribution in [3.05, 3.63) is 12.4 Å². The Morgan fingerprint density at radius 1 is 1.83 bits per heavy atom. The Morgan fingerprint density at radius 2 is 2.67 bits per heavy atom. The maximum Gasteiger partial charge on any atom is 0.320 e. The number of ether oxygens (including phenoxy) is 1. The molecule has 1 aliphatic heterocycles. The van der Waals surface area contributed by atoms with Crippen LogP contribution in [0.3, 0.4) is 0 Å². The van der Waals surface area contributed by atoms with Crippen LogP contribution in [0.4, 0.5) is 0 Å². The Balaban J connectivity index is 2.24. The summed E-state index contributed by atoms with van der Waals surface area (Å²) in [6.07, 6.45) is 4.39. The summed E-state index contributed by atoms with van der Waals surface area (Å²) in [7, 11) is 2.06. The van der Waals surface area contributed by atoms with E-state index in [1.165, 1.54) is 5.16 Å². The Kier molecular flexibility index (Phi) is 2.11. The third kappa shape index (κ3) is 1.15. The molecule has 4 heteroatoms. The first-order valence-corrected chi connectivity index (χ1v) is 5.12. The van der Waals surface area contributed by atoms with Gasteiger partial charge in [0.1, 0.15) is 12.4 Å². The fraction of sp³-hybridized carbons (Fsp3) is 0.625. The minimum atomic E-state index is 0.246. The first kappa shape index (κ1) is 8.13. The largest absolute Gasteiger partial charge is 0.339 e. The fourth-order valence-electron chi connectivity index (χ4n) is 1.42. The lowest BCUT2D eigenvalue weighted by molar-refractivity contribution is -0.709. The smallest absolute Gasteiger partial charge is 0.320 e. The molecule has 66 valence electrons. The SMILES string of the molecule is CCOC1CSc2n1cc[n+]2C. The van der Waals surface area contributed by atoms with E-state index in [1.54, 1.807) is 0 Å². The van der Waals surface area contributed by atoms with E-state index in [0.29, 0.717) is 0 Å². The van der Waals surface area contributed by atoms with Gasteiger partial charge in [0, 0.05) is 6.61 Å². The van der Waals surface area contributed by atoms with E-state index < -0.39 is 0 Å². The van der Waals surface area contributed by atoms with Gasteiger partial charge in [0.25, 0.3) is 0 Å². The van der Waals surface area contributed by atoms with Crippen molar-refractivity contribution in [2.45, 2.75) is 18.3 Å². The van der Waals surface area contributed by atoms with Crippen molar-refractivity contribution in [1.82, 2.24) is 4.57 Å². The molecule has 12 heavy (non-hydrogen) atoms. The van der Waals surface area contributed by atoms with Gasteiger partial charge < -0.3 is 4.74 Å². The van der Waals surface area contributed by atoms with Crippen LogP contribution in [0.1, 0.15) is 13.2 Å². The number of fused-ring (bicyclic) bond motifs is 1. The lowest BCUT2D eigenvalue weighted by Crippen LogP contribution is -2.27. The standard InChI is InChI=1S/C8H13N2OS/c1-3-11-7-6-12-8-9(2)4-5-10(7)8/h4-5,7H,3,6H2,1-2H3/q+1. The normalized spacial score (nSPS) is 21.3. The minimum Gasteiger partial charge on any atom is -0.339 e. The van der Waals surface area contributed by atoms with Crippen molar-refractivity contribution in [3.8, 4) is 0 Å². The molecule has 0 aliphatic carbocycles. The number of hydrogen-bond acceptors (Lipinski definition) is 2. The van der Waals surface area contributed by atoms with Gasteiger partial charge in [0.15, 0.2) is 0 Å². The van der Waals surface area contributed by atoms with Crippen LogP contribution >= 0.6 is 11.8 Å². The predicted octanol–water partition coefficient (Wildman–Crippen LogP) is 0.953. The molecule has 1 unspecified atom stereocenters. The number of imidazole rings is 1. The molecule has 1 aromatic heterocycles. The summed E-state index contributed by atoms with van der Waals surface area (Å²) < 4.78 is 9.89. The van der Waals surface area contributed by atoms with Crippen LogP contribution in [-0.2, 0) is 11.8 Å². The van der Waals surface area contributed by atoms with Crippen LogP contribution in [0.2, 0.25) is 0 Å². The van der Waals surface area contributed by atoms with Crippen molar-refractivity contribution < 1.29 is 9.30 Å². The number of aromatic nitrogens is 2. The second-order valence-electron chi connectivity index (χ2n) is 2.82. The molecule has 0 spiro atoms. The average molecular weight is 185 g/mol. The monoisotopic (exact) mass is 185 g/mol.